The predicted molar refractivity (Wildman–Crippen MR) is 86.9 cm³/mol. The Hall–Kier alpha value is -0.380. The van der Waals surface area contributed by atoms with Crippen LogP contribution in [0.2, 0.25) is 0 Å². The van der Waals surface area contributed by atoms with Crippen LogP contribution in [-0.2, 0) is 5.41 Å². The number of hydrogen-bond acceptors (Lipinski definition) is 3. The highest BCUT2D eigenvalue weighted by Gasteiger charge is 2.25. The summed E-state index contributed by atoms with van der Waals surface area (Å²) in [6.45, 7) is 15.3. The minimum Gasteiger partial charge on any atom is -0.329 e. The van der Waals surface area contributed by atoms with Crippen molar-refractivity contribution in [2.45, 2.75) is 65.5 Å². The van der Waals surface area contributed by atoms with E-state index in [0.717, 1.165) is 6.54 Å². The van der Waals surface area contributed by atoms with Gasteiger partial charge in [-0.15, -0.1) is 11.3 Å². The highest BCUT2D eigenvalue weighted by atomic mass is 32.1. The predicted octanol–water partition coefficient (Wildman–Crippen LogP) is 4.17. The van der Waals surface area contributed by atoms with Gasteiger partial charge in [-0.1, -0.05) is 34.6 Å². The van der Waals surface area contributed by atoms with Crippen LogP contribution in [-0.4, -0.2) is 24.0 Å². The van der Waals surface area contributed by atoms with Crippen LogP contribution in [0.25, 0.3) is 0 Å². The van der Waals surface area contributed by atoms with Crippen molar-refractivity contribution in [2.75, 3.05) is 13.1 Å². The third-order valence-corrected chi connectivity index (χ3v) is 5.45. The summed E-state index contributed by atoms with van der Waals surface area (Å²) in [5.41, 5.74) is 6.29. The Morgan fingerprint density at radius 1 is 1.26 bits per heavy atom. The molecule has 1 rings (SSSR count). The normalized spacial score (nSPS) is 15.8. The van der Waals surface area contributed by atoms with E-state index >= 15 is 0 Å². The van der Waals surface area contributed by atoms with Gasteiger partial charge in [-0.3, -0.25) is 4.90 Å². The van der Waals surface area contributed by atoms with E-state index in [1.165, 1.54) is 16.2 Å². The van der Waals surface area contributed by atoms with Gasteiger partial charge in [-0.2, -0.15) is 0 Å². The Bertz CT molecular complexity index is 378. The maximum atomic E-state index is 6.06. The van der Waals surface area contributed by atoms with Crippen molar-refractivity contribution in [1.29, 1.82) is 0 Å². The van der Waals surface area contributed by atoms with Gasteiger partial charge in [0.1, 0.15) is 0 Å². The molecule has 2 N–H and O–H groups in total. The lowest BCUT2D eigenvalue weighted by Crippen LogP contribution is -2.39. The first-order valence-electron chi connectivity index (χ1n) is 7.41. The quantitative estimate of drug-likeness (QED) is 0.848. The summed E-state index contributed by atoms with van der Waals surface area (Å²) in [5, 5.41) is 0. The molecule has 0 spiro atoms. The SMILES string of the molecule is CCC(C)N(CC)C(CN)c1ccc(C(C)(C)C)s1. The fraction of sp³-hybridized carbons (Fsp3) is 0.750. The summed E-state index contributed by atoms with van der Waals surface area (Å²) in [6, 6.07) is 5.49. The lowest BCUT2D eigenvalue weighted by molar-refractivity contribution is 0.154. The molecule has 0 aliphatic rings. The first kappa shape index (κ1) is 16.7. The highest BCUT2D eigenvalue weighted by Crippen LogP contribution is 2.34. The Morgan fingerprint density at radius 2 is 1.89 bits per heavy atom. The fourth-order valence-electron chi connectivity index (χ4n) is 2.42. The maximum absolute atomic E-state index is 6.06. The third-order valence-electron chi connectivity index (χ3n) is 3.84. The molecule has 1 aromatic rings. The molecule has 19 heavy (non-hydrogen) atoms. The summed E-state index contributed by atoms with van der Waals surface area (Å²) in [6.07, 6.45) is 1.17. The van der Waals surface area contributed by atoms with E-state index in [1.807, 2.05) is 11.3 Å². The highest BCUT2D eigenvalue weighted by molar-refractivity contribution is 7.12. The summed E-state index contributed by atoms with van der Waals surface area (Å²) < 4.78 is 0. The van der Waals surface area contributed by atoms with Crippen molar-refractivity contribution in [3.05, 3.63) is 21.9 Å². The molecule has 2 nitrogen and oxygen atoms in total. The minimum absolute atomic E-state index is 0.232. The van der Waals surface area contributed by atoms with E-state index in [0.29, 0.717) is 18.6 Å². The van der Waals surface area contributed by atoms with Crippen molar-refractivity contribution in [2.24, 2.45) is 5.73 Å². The molecule has 0 radical (unpaired) electrons. The largest absolute Gasteiger partial charge is 0.329 e. The molecule has 2 unspecified atom stereocenters. The van der Waals surface area contributed by atoms with Gasteiger partial charge in [-0.25, -0.2) is 0 Å². The molecule has 0 aliphatic heterocycles. The zero-order valence-electron chi connectivity index (χ0n) is 13.4. The molecule has 110 valence electrons. The van der Waals surface area contributed by atoms with E-state index in [2.05, 4.69) is 58.6 Å². The van der Waals surface area contributed by atoms with Crippen LogP contribution < -0.4 is 5.73 Å². The number of thiophene rings is 1. The number of nitrogens with two attached hydrogens (primary N) is 1. The first-order valence-corrected chi connectivity index (χ1v) is 8.22. The zero-order valence-corrected chi connectivity index (χ0v) is 14.2. The molecule has 3 heteroatoms. The molecule has 0 saturated heterocycles. The fourth-order valence-corrected chi connectivity index (χ4v) is 3.62. The van der Waals surface area contributed by atoms with Crippen molar-refractivity contribution >= 4 is 11.3 Å². The molecular formula is C16H30N2S. The number of likely N-dealkylation sites (N-methyl/N-ethyl adjacent to an activating group) is 1. The van der Waals surface area contributed by atoms with E-state index in [9.17, 15) is 0 Å². The van der Waals surface area contributed by atoms with Crippen LogP contribution in [0.3, 0.4) is 0 Å². The Morgan fingerprint density at radius 3 is 2.26 bits per heavy atom. The van der Waals surface area contributed by atoms with Crippen LogP contribution >= 0.6 is 11.3 Å². The third kappa shape index (κ3) is 4.04. The standard InChI is InChI=1S/C16H30N2S/c1-7-12(3)18(8-2)13(11-17)14-9-10-15(19-14)16(4,5)6/h9-10,12-13H,7-8,11,17H2,1-6H3. The lowest BCUT2D eigenvalue weighted by atomic mass is 9.95. The van der Waals surface area contributed by atoms with Gasteiger partial charge in [-0.05, 0) is 37.4 Å². The van der Waals surface area contributed by atoms with Crippen LogP contribution in [0.1, 0.15) is 63.8 Å². The molecule has 1 heterocycles. The zero-order chi connectivity index (χ0) is 14.6. The van der Waals surface area contributed by atoms with Gasteiger partial charge in [0.05, 0.1) is 6.04 Å². The topological polar surface area (TPSA) is 29.3 Å². The van der Waals surface area contributed by atoms with Crippen molar-refractivity contribution in [1.82, 2.24) is 4.90 Å². The van der Waals surface area contributed by atoms with Gasteiger partial charge in [0.25, 0.3) is 0 Å². The average molecular weight is 282 g/mol. The molecule has 0 bridgehead atoms. The molecular weight excluding hydrogens is 252 g/mol. The van der Waals surface area contributed by atoms with E-state index in [-0.39, 0.29) is 5.41 Å². The van der Waals surface area contributed by atoms with E-state index < -0.39 is 0 Å². The van der Waals surface area contributed by atoms with E-state index in [1.54, 1.807) is 0 Å². The number of hydrogen-bond donors (Lipinski definition) is 1. The Kier molecular flexibility index (Phi) is 6.03. The second kappa shape index (κ2) is 6.87. The number of rotatable bonds is 6. The molecule has 0 saturated carbocycles. The van der Waals surface area contributed by atoms with Crippen molar-refractivity contribution in [3.63, 3.8) is 0 Å². The lowest BCUT2D eigenvalue weighted by Gasteiger charge is -2.34. The van der Waals surface area contributed by atoms with Crippen LogP contribution in [0.5, 0.6) is 0 Å². The first-order chi connectivity index (χ1) is 8.85. The molecule has 0 amide bonds. The molecule has 0 aliphatic carbocycles. The number of nitrogens with zero attached hydrogens (tertiary/aromatic N) is 1. The Labute approximate surface area is 123 Å². The van der Waals surface area contributed by atoms with Crippen molar-refractivity contribution < 1.29 is 0 Å². The summed E-state index contributed by atoms with van der Waals surface area (Å²) in [4.78, 5) is 5.38. The van der Waals surface area contributed by atoms with E-state index in [4.69, 9.17) is 5.73 Å². The summed E-state index contributed by atoms with van der Waals surface area (Å²) >= 11 is 1.92. The van der Waals surface area contributed by atoms with Crippen LogP contribution in [0, 0.1) is 0 Å². The van der Waals surface area contributed by atoms with Gasteiger partial charge < -0.3 is 5.73 Å². The summed E-state index contributed by atoms with van der Waals surface area (Å²) in [7, 11) is 0. The molecule has 1 aromatic heterocycles. The smallest absolute Gasteiger partial charge is 0.0566 e. The van der Waals surface area contributed by atoms with Crippen molar-refractivity contribution in [3.8, 4) is 0 Å². The summed E-state index contributed by atoms with van der Waals surface area (Å²) in [5.74, 6) is 0. The van der Waals surface area contributed by atoms with Crippen LogP contribution in [0.15, 0.2) is 12.1 Å². The monoisotopic (exact) mass is 282 g/mol. The van der Waals surface area contributed by atoms with Crippen LogP contribution in [0.4, 0.5) is 0 Å². The average Bonchev–Trinajstić information content (AvgIpc) is 2.83. The van der Waals surface area contributed by atoms with Gasteiger partial charge >= 0.3 is 0 Å². The van der Waals surface area contributed by atoms with Gasteiger partial charge in [0, 0.05) is 22.3 Å². The van der Waals surface area contributed by atoms with Gasteiger partial charge in [0.2, 0.25) is 0 Å². The van der Waals surface area contributed by atoms with Gasteiger partial charge in [0.15, 0.2) is 0 Å². The Balaban J connectivity index is 2.99. The molecule has 2 atom stereocenters. The molecule has 0 aromatic carbocycles. The minimum atomic E-state index is 0.232. The second-order valence-electron chi connectivity index (χ2n) is 6.29. The maximum Gasteiger partial charge on any atom is 0.0566 e. The molecule has 0 fully saturated rings. The second-order valence-corrected chi connectivity index (χ2v) is 7.41.